The summed E-state index contributed by atoms with van der Waals surface area (Å²) in [6, 6.07) is 9.50. The predicted molar refractivity (Wildman–Crippen MR) is 101 cm³/mol. The highest BCUT2D eigenvalue weighted by Gasteiger charge is 2.52. The molecule has 0 atom stereocenters. The molecule has 0 aromatic heterocycles. The molecule has 0 radical (unpaired) electrons. The standard InChI is InChI=1S/C19H25N3O3S/c1-14-7-9-19(10-8-14)17(24)22(18(25)21-19)13-16(23)20-11-12-26-15-5-3-2-4-6-15/h2-6,14H,7-13H2,1H3,(H,20,23)(H,21,25). The van der Waals surface area contributed by atoms with Gasteiger partial charge >= 0.3 is 6.03 Å². The van der Waals surface area contributed by atoms with Gasteiger partial charge < -0.3 is 10.6 Å². The van der Waals surface area contributed by atoms with Crippen molar-refractivity contribution < 1.29 is 14.4 Å². The lowest BCUT2D eigenvalue weighted by Gasteiger charge is -2.33. The van der Waals surface area contributed by atoms with Crippen molar-refractivity contribution in [3.63, 3.8) is 0 Å². The van der Waals surface area contributed by atoms with E-state index in [0.29, 0.717) is 25.3 Å². The summed E-state index contributed by atoms with van der Waals surface area (Å²) >= 11 is 1.65. The van der Waals surface area contributed by atoms with Crippen LogP contribution in [-0.2, 0) is 9.59 Å². The molecule has 26 heavy (non-hydrogen) atoms. The number of imide groups is 1. The SMILES string of the molecule is CC1CCC2(CC1)NC(=O)N(CC(=O)NCCSc1ccccc1)C2=O. The molecule has 1 aliphatic heterocycles. The highest BCUT2D eigenvalue weighted by molar-refractivity contribution is 7.99. The summed E-state index contributed by atoms with van der Waals surface area (Å²) in [7, 11) is 0. The first-order valence-corrected chi connectivity index (χ1v) is 10.1. The van der Waals surface area contributed by atoms with Crippen molar-refractivity contribution in [2.75, 3.05) is 18.8 Å². The molecule has 4 amide bonds. The Kier molecular flexibility index (Phi) is 5.86. The molecule has 6 nitrogen and oxygen atoms in total. The van der Waals surface area contributed by atoms with Gasteiger partial charge in [0.05, 0.1) is 0 Å². The molecule has 1 aromatic carbocycles. The fourth-order valence-electron chi connectivity index (χ4n) is 3.49. The Bertz CT molecular complexity index is 672. The molecule has 3 rings (SSSR count). The molecule has 1 aliphatic carbocycles. The Hall–Kier alpha value is -2.02. The van der Waals surface area contributed by atoms with Gasteiger partial charge in [-0.05, 0) is 43.7 Å². The first-order valence-electron chi connectivity index (χ1n) is 9.09. The van der Waals surface area contributed by atoms with E-state index in [2.05, 4.69) is 17.6 Å². The maximum absolute atomic E-state index is 12.7. The van der Waals surface area contributed by atoms with Gasteiger partial charge in [0.25, 0.3) is 5.91 Å². The minimum absolute atomic E-state index is 0.210. The Morgan fingerprint density at radius 1 is 1.27 bits per heavy atom. The molecular weight excluding hydrogens is 350 g/mol. The van der Waals surface area contributed by atoms with Gasteiger partial charge in [0, 0.05) is 17.2 Å². The molecule has 7 heteroatoms. The second-order valence-electron chi connectivity index (χ2n) is 7.10. The first kappa shape index (κ1) is 18.8. The smallest absolute Gasteiger partial charge is 0.325 e. The molecule has 2 N–H and O–H groups in total. The number of nitrogens with one attached hydrogen (secondary N) is 2. The van der Waals surface area contributed by atoms with Crippen LogP contribution in [0.1, 0.15) is 32.6 Å². The Balaban J connectivity index is 1.45. The molecule has 0 unspecified atom stereocenters. The van der Waals surface area contributed by atoms with E-state index in [1.165, 1.54) is 0 Å². The van der Waals surface area contributed by atoms with Gasteiger partial charge in [0.2, 0.25) is 5.91 Å². The van der Waals surface area contributed by atoms with Crippen molar-refractivity contribution in [1.29, 1.82) is 0 Å². The van der Waals surface area contributed by atoms with E-state index in [4.69, 9.17) is 0 Å². The van der Waals surface area contributed by atoms with Crippen molar-refractivity contribution >= 4 is 29.6 Å². The maximum atomic E-state index is 12.7. The Labute approximate surface area is 158 Å². The van der Waals surface area contributed by atoms with Crippen molar-refractivity contribution in [2.45, 2.75) is 43.0 Å². The number of carbonyl (C=O) groups is 3. The van der Waals surface area contributed by atoms with E-state index < -0.39 is 11.6 Å². The number of hydrogen-bond donors (Lipinski definition) is 2. The largest absolute Gasteiger partial charge is 0.354 e. The van der Waals surface area contributed by atoms with Crippen LogP contribution in [0.15, 0.2) is 35.2 Å². The number of urea groups is 1. The zero-order chi connectivity index (χ0) is 18.6. The monoisotopic (exact) mass is 375 g/mol. The van der Waals surface area contributed by atoms with Crippen LogP contribution in [0.25, 0.3) is 0 Å². The molecule has 2 fully saturated rings. The van der Waals surface area contributed by atoms with Crippen LogP contribution in [0.2, 0.25) is 0 Å². The molecule has 140 valence electrons. The van der Waals surface area contributed by atoms with Crippen LogP contribution in [0, 0.1) is 5.92 Å². The molecule has 1 spiro atoms. The minimum atomic E-state index is -0.785. The molecular formula is C19H25N3O3S. The number of carbonyl (C=O) groups excluding carboxylic acids is 3. The zero-order valence-corrected chi connectivity index (χ0v) is 15.8. The van der Waals surface area contributed by atoms with E-state index in [1.807, 2.05) is 30.3 Å². The summed E-state index contributed by atoms with van der Waals surface area (Å²) in [5, 5.41) is 5.62. The zero-order valence-electron chi connectivity index (χ0n) is 15.0. The summed E-state index contributed by atoms with van der Waals surface area (Å²) in [4.78, 5) is 39.2. The lowest BCUT2D eigenvalue weighted by Crippen LogP contribution is -2.50. The van der Waals surface area contributed by atoms with Gasteiger partial charge in [0.15, 0.2) is 0 Å². The fourth-order valence-corrected chi connectivity index (χ4v) is 4.28. The third-order valence-electron chi connectivity index (χ3n) is 5.11. The normalized spacial score (nSPS) is 25.4. The van der Waals surface area contributed by atoms with Crippen molar-refractivity contribution in [3.05, 3.63) is 30.3 Å². The highest BCUT2D eigenvalue weighted by Crippen LogP contribution is 2.36. The van der Waals surface area contributed by atoms with Crippen LogP contribution < -0.4 is 10.6 Å². The average Bonchev–Trinajstić information content (AvgIpc) is 2.87. The Morgan fingerprint density at radius 2 is 1.96 bits per heavy atom. The molecule has 1 aromatic rings. The quantitative estimate of drug-likeness (QED) is 0.455. The van der Waals surface area contributed by atoms with Gasteiger partial charge in [-0.2, -0.15) is 0 Å². The van der Waals surface area contributed by atoms with Crippen molar-refractivity contribution in [3.8, 4) is 0 Å². The topological polar surface area (TPSA) is 78.5 Å². The Morgan fingerprint density at radius 3 is 2.65 bits per heavy atom. The van der Waals surface area contributed by atoms with Gasteiger partial charge in [-0.15, -0.1) is 11.8 Å². The van der Waals surface area contributed by atoms with Gasteiger partial charge in [-0.25, -0.2) is 4.79 Å². The van der Waals surface area contributed by atoms with E-state index >= 15 is 0 Å². The van der Waals surface area contributed by atoms with Crippen LogP contribution in [-0.4, -0.2) is 47.1 Å². The summed E-state index contributed by atoms with van der Waals surface area (Å²) in [6.07, 6.45) is 3.15. The molecule has 0 bridgehead atoms. The van der Waals surface area contributed by atoms with Crippen LogP contribution in [0.4, 0.5) is 4.79 Å². The number of benzene rings is 1. The maximum Gasteiger partial charge on any atom is 0.325 e. The number of rotatable bonds is 6. The summed E-state index contributed by atoms with van der Waals surface area (Å²) in [5.74, 6) is 0.758. The van der Waals surface area contributed by atoms with Crippen LogP contribution >= 0.6 is 11.8 Å². The van der Waals surface area contributed by atoms with E-state index in [0.717, 1.165) is 28.4 Å². The molecule has 1 saturated carbocycles. The van der Waals surface area contributed by atoms with E-state index in [-0.39, 0.29) is 18.4 Å². The lowest BCUT2D eigenvalue weighted by atomic mass is 9.77. The third-order valence-corrected chi connectivity index (χ3v) is 6.13. The van der Waals surface area contributed by atoms with Gasteiger partial charge in [-0.1, -0.05) is 25.1 Å². The highest BCUT2D eigenvalue weighted by atomic mass is 32.2. The number of nitrogens with zero attached hydrogens (tertiary/aromatic N) is 1. The van der Waals surface area contributed by atoms with Crippen LogP contribution in [0.5, 0.6) is 0 Å². The number of thioether (sulfide) groups is 1. The summed E-state index contributed by atoms with van der Waals surface area (Å²) in [5.41, 5.74) is -0.785. The predicted octanol–water partition coefficient (Wildman–Crippen LogP) is 2.40. The minimum Gasteiger partial charge on any atom is -0.354 e. The molecule has 2 aliphatic rings. The first-order chi connectivity index (χ1) is 12.5. The molecule has 1 saturated heterocycles. The average molecular weight is 375 g/mol. The van der Waals surface area contributed by atoms with E-state index in [1.54, 1.807) is 11.8 Å². The summed E-state index contributed by atoms with van der Waals surface area (Å²) < 4.78 is 0. The second-order valence-corrected chi connectivity index (χ2v) is 8.27. The molecule has 1 heterocycles. The van der Waals surface area contributed by atoms with E-state index in [9.17, 15) is 14.4 Å². The fraction of sp³-hybridized carbons (Fsp3) is 0.526. The van der Waals surface area contributed by atoms with Gasteiger partial charge in [-0.3, -0.25) is 14.5 Å². The second kappa shape index (κ2) is 8.12. The lowest BCUT2D eigenvalue weighted by molar-refractivity contribution is -0.136. The number of amides is 4. The summed E-state index contributed by atoms with van der Waals surface area (Å²) in [6.45, 7) is 2.44. The number of hydrogen-bond acceptors (Lipinski definition) is 4. The third kappa shape index (κ3) is 4.20. The van der Waals surface area contributed by atoms with Crippen molar-refractivity contribution in [1.82, 2.24) is 15.5 Å². The van der Waals surface area contributed by atoms with Gasteiger partial charge in [0.1, 0.15) is 12.1 Å². The van der Waals surface area contributed by atoms with Crippen LogP contribution in [0.3, 0.4) is 0 Å². The van der Waals surface area contributed by atoms with Crippen molar-refractivity contribution in [2.24, 2.45) is 5.92 Å².